The van der Waals surface area contributed by atoms with E-state index in [4.69, 9.17) is 10.2 Å². The minimum Gasteiger partial charge on any atom is -0.423 e. The van der Waals surface area contributed by atoms with Gasteiger partial charge in [-0.3, -0.25) is 4.79 Å². The van der Waals surface area contributed by atoms with Crippen LogP contribution in [0, 0.1) is 0 Å². The minimum absolute atomic E-state index is 0. The lowest BCUT2D eigenvalue weighted by Gasteiger charge is -2.11. The van der Waals surface area contributed by atoms with Gasteiger partial charge in [0.15, 0.2) is 0 Å². The van der Waals surface area contributed by atoms with Crippen molar-refractivity contribution in [3.8, 4) is 0 Å². The molecule has 0 fully saturated rings. The zero-order valence-corrected chi connectivity index (χ0v) is 11.9. The quantitative estimate of drug-likeness (QED) is 0.848. The van der Waals surface area contributed by atoms with E-state index < -0.39 is 11.7 Å². The third-order valence-electron chi connectivity index (χ3n) is 2.82. The van der Waals surface area contributed by atoms with Crippen molar-refractivity contribution in [2.75, 3.05) is 5.32 Å². The fraction of sp³-hybridized carbons (Fsp3) is 0.286. The Bertz CT molecular complexity index is 654. The number of halogens is 1. The molecule has 2 rings (SSSR count). The van der Waals surface area contributed by atoms with Crippen molar-refractivity contribution >= 4 is 35.0 Å². The highest BCUT2D eigenvalue weighted by Crippen LogP contribution is 2.17. The number of carbonyl (C=O) groups excluding carboxylic acids is 1. The van der Waals surface area contributed by atoms with Crippen molar-refractivity contribution in [3.05, 3.63) is 40.8 Å². The first-order chi connectivity index (χ1) is 9.10. The predicted molar refractivity (Wildman–Crippen MR) is 81.2 cm³/mol. The summed E-state index contributed by atoms with van der Waals surface area (Å²) in [5.41, 5.74) is 6.47. The van der Waals surface area contributed by atoms with Crippen LogP contribution in [0.3, 0.4) is 0 Å². The van der Waals surface area contributed by atoms with E-state index in [9.17, 15) is 9.59 Å². The predicted octanol–water partition coefficient (Wildman–Crippen LogP) is 2.28. The number of anilines is 1. The Kier molecular flexibility index (Phi) is 5.73. The minimum atomic E-state index is -0.505. The zero-order chi connectivity index (χ0) is 13.8. The van der Waals surface area contributed by atoms with E-state index in [0.717, 1.165) is 11.8 Å². The van der Waals surface area contributed by atoms with Crippen molar-refractivity contribution in [2.45, 2.75) is 25.8 Å². The molecule has 108 valence electrons. The standard InChI is InChI=1S/C14H16N2O3.ClH/c1-2-3-11(15)14(18)16-10-5-6-12-9(8-10)4-7-13(17)19-12;/h4-8,11H,2-3,15H2,1H3,(H,16,18);1H. The molecule has 0 aliphatic carbocycles. The molecule has 0 saturated carbocycles. The third kappa shape index (κ3) is 3.82. The van der Waals surface area contributed by atoms with E-state index in [1.165, 1.54) is 6.07 Å². The molecule has 0 saturated heterocycles. The first-order valence-electron chi connectivity index (χ1n) is 6.20. The Morgan fingerprint density at radius 1 is 1.35 bits per heavy atom. The van der Waals surface area contributed by atoms with Gasteiger partial charge in [-0.25, -0.2) is 4.79 Å². The average Bonchev–Trinajstić information content (AvgIpc) is 2.39. The lowest BCUT2D eigenvalue weighted by Crippen LogP contribution is -2.35. The largest absolute Gasteiger partial charge is 0.423 e. The molecule has 2 aromatic rings. The lowest BCUT2D eigenvalue weighted by molar-refractivity contribution is -0.117. The topological polar surface area (TPSA) is 85.3 Å². The van der Waals surface area contributed by atoms with Crippen LogP contribution < -0.4 is 16.7 Å². The van der Waals surface area contributed by atoms with Gasteiger partial charge >= 0.3 is 5.63 Å². The van der Waals surface area contributed by atoms with E-state index in [1.807, 2.05) is 6.92 Å². The van der Waals surface area contributed by atoms with Gasteiger partial charge in [-0.2, -0.15) is 0 Å². The van der Waals surface area contributed by atoms with Crippen molar-refractivity contribution in [2.24, 2.45) is 5.73 Å². The van der Waals surface area contributed by atoms with E-state index in [0.29, 0.717) is 17.7 Å². The molecule has 1 aromatic carbocycles. The summed E-state index contributed by atoms with van der Waals surface area (Å²) < 4.78 is 5.01. The van der Waals surface area contributed by atoms with Gasteiger partial charge in [0.25, 0.3) is 0 Å². The number of rotatable bonds is 4. The number of nitrogens with one attached hydrogen (secondary N) is 1. The van der Waals surface area contributed by atoms with Crippen LogP contribution in [0.5, 0.6) is 0 Å². The monoisotopic (exact) mass is 296 g/mol. The van der Waals surface area contributed by atoms with Gasteiger partial charge in [-0.15, -0.1) is 12.4 Å². The molecule has 20 heavy (non-hydrogen) atoms. The number of hydrogen-bond donors (Lipinski definition) is 2. The van der Waals surface area contributed by atoms with Crippen LogP contribution >= 0.6 is 12.4 Å². The van der Waals surface area contributed by atoms with Gasteiger partial charge in [-0.1, -0.05) is 13.3 Å². The van der Waals surface area contributed by atoms with Gasteiger partial charge in [0, 0.05) is 17.1 Å². The summed E-state index contributed by atoms with van der Waals surface area (Å²) in [4.78, 5) is 22.8. The highest BCUT2D eigenvalue weighted by Gasteiger charge is 2.12. The number of amides is 1. The summed E-state index contributed by atoms with van der Waals surface area (Å²) in [5, 5.41) is 3.50. The lowest BCUT2D eigenvalue weighted by atomic mass is 10.1. The molecule has 1 atom stereocenters. The van der Waals surface area contributed by atoms with E-state index >= 15 is 0 Å². The second-order valence-corrected chi connectivity index (χ2v) is 4.39. The molecule has 1 unspecified atom stereocenters. The number of hydrogen-bond acceptors (Lipinski definition) is 4. The molecular weight excluding hydrogens is 280 g/mol. The molecule has 0 spiro atoms. The first-order valence-corrected chi connectivity index (χ1v) is 6.20. The molecule has 1 amide bonds. The van der Waals surface area contributed by atoms with E-state index in [2.05, 4.69) is 5.32 Å². The van der Waals surface area contributed by atoms with Crippen LogP contribution in [-0.2, 0) is 4.79 Å². The summed E-state index contributed by atoms with van der Waals surface area (Å²) in [7, 11) is 0. The van der Waals surface area contributed by atoms with Crippen LogP contribution in [0.15, 0.2) is 39.5 Å². The number of nitrogens with two attached hydrogens (primary N) is 1. The molecule has 0 aliphatic rings. The SMILES string of the molecule is CCCC(N)C(=O)Nc1ccc2oc(=O)ccc2c1.Cl. The molecule has 1 aromatic heterocycles. The Labute approximate surface area is 122 Å². The molecular formula is C14H17ClN2O3. The smallest absolute Gasteiger partial charge is 0.336 e. The highest BCUT2D eigenvalue weighted by molar-refractivity contribution is 5.96. The number of carbonyl (C=O) groups is 1. The summed E-state index contributed by atoms with van der Waals surface area (Å²) in [5.74, 6) is -0.210. The van der Waals surface area contributed by atoms with Crippen LogP contribution in [0.1, 0.15) is 19.8 Å². The summed E-state index contributed by atoms with van der Waals surface area (Å²) in [6.07, 6.45) is 1.51. The maximum atomic E-state index is 11.8. The molecule has 0 radical (unpaired) electrons. The normalized spacial score (nSPS) is 11.7. The zero-order valence-electron chi connectivity index (χ0n) is 11.1. The highest BCUT2D eigenvalue weighted by atomic mass is 35.5. The van der Waals surface area contributed by atoms with Gasteiger partial charge in [0.2, 0.25) is 5.91 Å². The van der Waals surface area contributed by atoms with Gasteiger partial charge in [0.05, 0.1) is 6.04 Å². The van der Waals surface area contributed by atoms with Crippen LogP contribution in [0.4, 0.5) is 5.69 Å². The Balaban J connectivity index is 0.00000200. The van der Waals surface area contributed by atoms with Crippen LogP contribution in [-0.4, -0.2) is 11.9 Å². The van der Waals surface area contributed by atoms with Crippen molar-refractivity contribution in [3.63, 3.8) is 0 Å². The molecule has 0 bridgehead atoms. The van der Waals surface area contributed by atoms with Crippen molar-refractivity contribution in [1.29, 1.82) is 0 Å². The molecule has 5 nitrogen and oxygen atoms in total. The molecule has 1 heterocycles. The summed E-state index contributed by atoms with van der Waals surface area (Å²) in [6, 6.07) is 7.57. The molecule has 0 aliphatic heterocycles. The number of fused-ring (bicyclic) bond motifs is 1. The maximum absolute atomic E-state index is 11.8. The Morgan fingerprint density at radius 3 is 2.80 bits per heavy atom. The van der Waals surface area contributed by atoms with Crippen molar-refractivity contribution < 1.29 is 9.21 Å². The molecule has 3 N–H and O–H groups in total. The van der Waals surface area contributed by atoms with E-state index in [-0.39, 0.29) is 18.3 Å². The molecule has 6 heteroatoms. The Hall–Kier alpha value is -1.85. The van der Waals surface area contributed by atoms with Crippen LogP contribution in [0.25, 0.3) is 11.0 Å². The summed E-state index contributed by atoms with van der Waals surface area (Å²) >= 11 is 0. The second-order valence-electron chi connectivity index (χ2n) is 4.39. The summed E-state index contributed by atoms with van der Waals surface area (Å²) in [6.45, 7) is 1.98. The average molecular weight is 297 g/mol. The van der Waals surface area contributed by atoms with Crippen molar-refractivity contribution in [1.82, 2.24) is 0 Å². The van der Waals surface area contributed by atoms with Gasteiger partial charge < -0.3 is 15.5 Å². The maximum Gasteiger partial charge on any atom is 0.336 e. The fourth-order valence-corrected chi connectivity index (χ4v) is 1.83. The van der Waals surface area contributed by atoms with Gasteiger partial charge in [0.1, 0.15) is 5.58 Å². The van der Waals surface area contributed by atoms with Gasteiger partial charge in [-0.05, 0) is 30.7 Å². The third-order valence-corrected chi connectivity index (χ3v) is 2.82. The van der Waals surface area contributed by atoms with E-state index in [1.54, 1.807) is 24.3 Å². The fourth-order valence-electron chi connectivity index (χ4n) is 1.83. The Morgan fingerprint density at radius 2 is 2.10 bits per heavy atom. The second kappa shape index (κ2) is 7.07. The first kappa shape index (κ1) is 16.2. The number of benzene rings is 1. The van der Waals surface area contributed by atoms with Crippen LogP contribution in [0.2, 0.25) is 0 Å².